The van der Waals surface area contributed by atoms with E-state index in [-0.39, 0.29) is 30.0 Å². The molecule has 0 spiro atoms. The van der Waals surface area contributed by atoms with Gasteiger partial charge >= 0.3 is 5.97 Å². The summed E-state index contributed by atoms with van der Waals surface area (Å²) in [5.74, 6) is -2.49. The van der Waals surface area contributed by atoms with Crippen LogP contribution in [0, 0.1) is 11.8 Å². The molecule has 4 atom stereocenters. The van der Waals surface area contributed by atoms with Gasteiger partial charge in [-0.1, -0.05) is 45.7 Å². The van der Waals surface area contributed by atoms with Crippen molar-refractivity contribution in [3.8, 4) is 5.75 Å². The third kappa shape index (κ3) is 7.50. The fourth-order valence-electron chi connectivity index (χ4n) is 2.71. The Kier molecular flexibility index (Phi) is 10.1. The number of nitrogens with two attached hydrogens (primary N) is 1. The maximum Gasteiger partial charge on any atom is 0.326 e. The van der Waals surface area contributed by atoms with Crippen LogP contribution in [0.2, 0.25) is 5.02 Å². The number of aliphatic carboxylic acids is 1. The van der Waals surface area contributed by atoms with Gasteiger partial charge in [-0.3, -0.25) is 9.59 Å². The molecule has 8 nitrogen and oxygen atoms in total. The molecule has 0 heterocycles. The van der Waals surface area contributed by atoms with E-state index in [1.807, 2.05) is 6.92 Å². The van der Waals surface area contributed by atoms with Gasteiger partial charge in [-0.25, -0.2) is 4.79 Å². The van der Waals surface area contributed by atoms with Crippen molar-refractivity contribution < 1.29 is 24.2 Å². The lowest BCUT2D eigenvalue weighted by atomic mass is 9.97. The molecule has 2 amide bonds. The summed E-state index contributed by atoms with van der Waals surface area (Å²) in [4.78, 5) is 37.2. The SMILES string of the molecule is CC[C@H](C)[C@H](NC(=O)[C@@H](NC(=O)c1cc(Cl)ccc1OC[C@H](C)N)C(C)C)C(=O)O. The zero-order valence-electron chi connectivity index (χ0n) is 18.1. The van der Waals surface area contributed by atoms with E-state index >= 15 is 0 Å². The highest BCUT2D eigenvalue weighted by molar-refractivity contribution is 6.31. The molecule has 168 valence electrons. The van der Waals surface area contributed by atoms with Crippen molar-refractivity contribution in [1.29, 1.82) is 0 Å². The molecule has 0 saturated carbocycles. The van der Waals surface area contributed by atoms with E-state index in [9.17, 15) is 19.5 Å². The number of hydrogen-bond acceptors (Lipinski definition) is 5. The number of carbonyl (C=O) groups excluding carboxylic acids is 2. The monoisotopic (exact) mass is 441 g/mol. The molecule has 1 rings (SSSR count). The van der Waals surface area contributed by atoms with E-state index in [2.05, 4.69) is 10.6 Å². The first-order valence-electron chi connectivity index (χ1n) is 9.99. The Morgan fingerprint density at radius 1 is 1.13 bits per heavy atom. The fourth-order valence-corrected chi connectivity index (χ4v) is 2.88. The summed E-state index contributed by atoms with van der Waals surface area (Å²) in [6, 6.07) is 2.38. The lowest BCUT2D eigenvalue weighted by Gasteiger charge is -2.26. The lowest BCUT2D eigenvalue weighted by molar-refractivity contribution is -0.143. The molecule has 1 aromatic carbocycles. The van der Waals surface area contributed by atoms with Gasteiger partial charge in [0.25, 0.3) is 5.91 Å². The number of rotatable bonds is 11. The molecule has 0 bridgehead atoms. The first-order valence-corrected chi connectivity index (χ1v) is 10.4. The molecule has 0 fully saturated rings. The van der Waals surface area contributed by atoms with Gasteiger partial charge in [-0.15, -0.1) is 0 Å². The van der Waals surface area contributed by atoms with Gasteiger partial charge in [0.05, 0.1) is 5.56 Å². The number of benzene rings is 1. The Morgan fingerprint density at radius 3 is 2.27 bits per heavy atom. The normalized spacial score (nSPS) is 15.1. The fraction of sp³-hybridized carbons (Fsp3) is 0.571. The molecular weight excluding hydrogens is 410 g/mol. The van der Waals surface area contributed by atoms with Gasteiger partial charge in [-0.05, 0) is 37.0 Å². The standard InChI is InChI=1S/C21H32ClN3O5/c1-6-12(4)18(21(28)29)25-20(27)17(11(2)3)24-19(26)15-9-14(22)7-8-16(15)30-10-13(5)23/h7-9,11-13,17-18H,6,10,23H2,1-5H3,(H,24,26)(H,25,27)(H,28,29)/t12-,13-,17-,18-/m0/s1. The molecule has 0 aliphatic heterocycles. The lowest BCUT2D eigenvalue weighted by Crippen LogP contribution is -2.55. The Balaban J connectivity index is 3.06. The average Bonchev–Trinajstić information content (AvgIpc) is 2.67. The highest BCUT2D eigenvalue weighted by atomic mass is 35.5. The van der Waals surface area contributed by atoms with Crippen LogP contribution in [0.4, 0.5) is 0 Å². The maximum absolute atomic E-state index is 12.9. The zero-order chi connectivity index (χ0) is 23.0. The molecule has 0 unspecified atom stereocenters. The summed E-state index contributed by atoms with van der Waals surface area (Å²) in [6.07, 6.45) is 0.582. The molecule has 9 heteroatoms. The quantitative estimate of drug-likeness (QED) is 0.417. The van der Waals surface area contributed by atoms with Crippen LogP contribution in [0.1, 0.15) is 51.4 Å². The van der Waals surface area contributed by atoms with Crippen molar-refractivity contribution in [1.82, 2.24) is 10.6 Å². The summed E-state index contributed by atoms with van der Waals surface area (Å²) < 4.78 is 5.60. The van der Waals surface area contributed by atoms with Gasteiger partial charge < -0.3 is 26.2 Å². The number of carboxylic acid groups (broad SMARTS) is 1. The van der Waals surface area contributed by atoms with Crippen LogP contribution in [-0.2, 0) is 9.59 Å². The first kappa shape index (κ1) is 25.7. The summed E-state index contributed by atoms with van der Waals surface area (Å²) in [5.41, 5.74) is 5.88. The Hall–Kier alpha value is -2.32. The number of halogens is 1. The Labute approximate surface area is 182 Å². The van der Waals surface area contributed by atoms with E-state index in [1.165, 1.54) is 6.07 Å². The summed E-state index contributed by atoms with van der Waals surface area (Å²) in [7, 11) is 0. The van der Waals surface area contributed by atoms with E-state index in [1.54, 1.807) is 39.8 Å². The average molecular weight is 442 g/mol. The maximum atomic E-state index is 12.9. The second-order valence-electron chi connectivity index (χ2n) is 7.83. The van der Waals surface area contributed by atoms with Crippen LogP contribution in [-0.4, -0.2) is 47.6 Å². The molecule has 0 aromatic heterocycles. The van der Waals surface area contributed by atoms with Crippen LogP contribution < -0.4 is 21.1 Å². The van der Waals surface area contributed by atoms with Crippen molar-refractivity contribution in [2.24, 2.45) is 17.6 Å². The second kappa shape index (κ2) is 11.8. The van der Waals surface area contributed by atoms with E-state index in [0.717, 1.165) is 0 Å². The van der Waals surface area contributed by atoms with Gasteiger partial charge in [0.15, 0.2) is 0 Å². The van der Waals surface area contributed by atoms with Crippen molar-refractivity contribution in [3.05, 3.63) is 28.8 Å². The molecule has 0 saturated heterocycles. The van der Waals surface area contributed by atoms with Crippen molar-refractivity contribution in [2.45, 2.75) is 59.2 Å². The van der Waals surface area contributed by atoms with Gasteiger partial charge in [0.2, 0.25) is 5.91 Å². The number of carbonyl (C=O) groups is 3. The predicted octanol–water partition coefficient (Wildman–Crippen LogP) is 2.44. The van der Waals surface area contributed by atoms with Gasteiger partial charge in [-0.2, -0.15) is 0 Å². The number of hydrogen-bond donors (Lipinski definition) is 4. The van der Waals surface area contributed by atoms with E-state index < -0.39 is 29.9 Å². The van der Waals surface area contributed by atoms with Crippen LogP contribution >= 0.6 is 11.6 Å². The van der Waals surface area contributed by atoms with Crippen molar-refractivity contribution in [3.63, 3.8) is 0 Å². The van der Waals surface area contributed by atoms with Crippen LogP contribution in [0.5, 0.6) is 5.75 Å². The Morgan fingerprint density at radius 2 is 1.77 bits per heavy atom. The van der Waals surface area contributed by atoms with Crippen molar-refractivity contribution >= 4 is 29.4 Å². The third-order valence-electron chi connectivity index (χ3n) is 4.70. The molecule has 30 heavy (non-hydrogen) atoms. The number of carboxylic acids is 1. The van der Waals surface area contributed by atoms with Crippen molar-refractivity contribution in [2.75, 3.05) is 6.61 Å². The van der Waals surface area contributed by atoms with E-state index in [4.69, 9.17) is 22.1 Å². The Bertz CT molecular complexity index is 754. The minimum atomic E-state index is -1.12. The molecule has 0 aliphatic carbocycles. The summed E-state index contributed by atoms with van der Waals surface area (Å²) >= 11 is 6.03. The minimum Gasteiger partial charge on any atom is -0.491 e. The molecule has 0 radical (unpaired) electrons. The zero-order valence-corrected chi connectivity index (χ0v) is 18.8. The topological polar surface area (TPSA) is 131 Å². The van der Waals surface area contributed by atoms with E-state index in [0.29, 0.717) is 17.2 Å². The second-order valence-corrected chi connectivity index (χ2v) is 8.27. The molecule has 1 aromatic rings. The largest absolute Gasteiger partial charge is 0.491 e. The summed E-state index contributed by atoms with van der Waals surface area (Å²) in [6.45, 7) is 9.08. The van der Waals surface area contributed by atoms with Crippen LogP contribution in [0.3, 0.4) is 0 Å². The first-order chi connectivity index (χ1) is 14.0. The third-order valence-corrected chi connectivity index (χ3v) is 4.94. The summed E-state index contributed by atoms with van der Waals surface area (Å²) in [5, 5.41) is 15.0. The van der Waals surface area contributed by atoms with Gasteiger partial charge in [0.1, 0.15) is 24.4 Å². The molecular formula is C21H32ClN3O5. The highest BCUT2D eigenvalue weighted by Gasteiger charge is 2.31. The number of amides is 2. The number of nitrogens with one attached hydrogen (secondary N) is 2. The molecule has 0 aliphatic rings. The van der Waals surface area contributed by atoms with Crippen LogP contribution in [0.15, 0.2) is 18.2 Å². The van der Waals surface area contributed by atoms with Crippen LogP contribution in [0.25, 0.3) is 0 Å². The van der Waals surface area contributed by atoms with Gasteiger partial charge in [0, 0.05) is 11.1 Å². The number of ether oxygens (including phenoxy) is 1. The highest BCUT2D eigenvalue weighted by Crippen LogP contribution is 2.23. The smallest absolute Gasteiger partial charge is 0.326 e. The molecule has 5 N–H and O–H groups in total. The predicted molar refractivity (Wildman–Crippen MR) is 116 cm³/mol. The minimum absolute atomic E-state index is 0.165.